The van der Waals surface area contributed by atoms with E-state index in [4.69, 9.17) is 16.3 Å². The molecule has 1 heterocycles. The molecule has 31 heavy (non-hydrogen) atoms. The van der Waals surface area contributed by atoms with E-state index in [-0.39, 0.29) is 38.5 Å². The number of carbonyl (C=O) groups excluding carboxylic acids is 1. The van der Waals surface area contributed by atoms with E-state index in [1.807, 2.05) is 0 Å². The molecule has 1 fully saturated rings. The molecule has 11 heteroatoms. The average Bonchev–Trinajstić information content (AvgIpc) is 2.74. The first-order valence-corrected chi connectivity index (χ1v) is 11.4. The molecule has 0 radical (unpaired) electrons. The molecule has 0 saturated carbocycles. The number of nitro groups is 1. The van der Waals surface area contributed by atoms with Gasteiger partial charge in [-0.2, -0.15) is 0 Å². The van der Waals surface area contributed by atoms with E-state index in [0.29, 0.717) is 19.0 Å². The molecule has 0 spiro atoms. The van der Waals surface area contributed by atoms with E-state index >= 15 is 0 Å². The summed E-state index contributed by atoms with van der Waals surface area (Å²) in [6, 6.07) is 7.38. The van der Waals surface area contributed by atoms with E-state index in [2.05, 4.69) is 11.6 Å². The molecule has 0 aromatic heterocycles. The van der Waals surface area contributed by atoms with Crippen molar-refractivity contribution in [3.8, 4) is 5.75 Å². The normalized spacial score (nSPS) is 14.9. The van der Waals surface area contributed by atoms with Crippen LogP contribution in [0.25, 0.3) is 0 Å². The monoisotopic (exact) mass is 467 g/mol. The maximum Gasteiger partial charge on any atom is 0.271 e. The average molecular weight is 468 g/mol. The Morgan fingerprint density at radius 1 is 1.23 bits per heavy atom. The van der Waals surface area contributed by atoms with Gasteiger partial charge in [0.25, 0.3) is 21.6 Å². The number of carbonyl (C=O) groups is 1. The highest BCUT2D eigenvalue weighted by Crippen LogP contribution is 2.31. The van der Waals surface area contributed by atoms with Gasteiger partial charge in [0.2, 0.25) is 0 Å². The quantitative estimate of drug-likeness (QED) is 0.507. The third-order valence-electron chi connectivity index (χ3n) is 5.19. The van der Waals surface area contributed by atoms with Crippen LogP contribution < -0.4 is 9.46 Å². The molecule has 3 rings (SSSR count). The number of benzene rings is 2. The molecule has 0 atom stereocenters. The Bertz CT molecular complexity index is 1110. The van der Waals surface area contributed by atoms with Crippen LogP contribution >= 0.6 is 11.6 Å². The second-order valence-electron chi connectivity index (χ2n) is 7.36. The predicted octanol–water partition coefficient (Wildman–Crippen LogP) is 3.93. The number of nitrogens with one attached hydrogen (secondary N) is 1. The summed E-state index contributed by atoms with van der Waals surface area (Å²) in [5.41, 5.74) is -0.318. The molecule has 0 aliphatic carbocycles. The van der Waals surface area contributed by atoms with Crippen LogP contribution in [0.2, 0.25) is 5.02 Å². The number of halogens is 1. The molecule has 0 bridgehead atoms. The summed E-state index contributed by atoms with van der Waals surface area (Å²) in [6.07, 6.45) is 1.75. The van der Waals surface area contributed by atoms with Gasteiger partial charge in [-0.1, -0.05) is 18.5 Å². The lowest BCUT2D eigenvalue weighted by Gasteiger charge is -2.30. The maximum atomic E-state index is 13.0. The minimum Gasteiger partial charge on any atom is -0.496 e. The highest BCUT2D eigenvalue weighted by molar-refractivity contribution is 7.92. The van der Waals surface area contributed by atoms with Crippen molar-refractivity contribution in [3.63, 3.8) is 0 Å². The summed E-state index contributed by atoms with van der Waals surface area (Å²) >= 11 is 6.01. The second-order valence-corrected chi connectivity index (χ2v) is 9.45. The van der Waals surface area contributed by atoms with Crippen molar-refractivity contribution in [2.24, 2.45) is 5.92 Å². The van der Waals surface area contributed by atoms with Crippen LogP contribution in [0.1, 0.15) is 30.1 Å². The molecule has 2 aromatic carbocycles. The third kappa shape index (κ3) is 5.08. The zero-order valence-electron chi connectivity index (χ0n) is 17.0. The standard InChI is InChI=1S/C20H22ClN3O6S/c1-13-7-9-23(10-8-13)20(25)16-12-15(4-6-19(16)30-2)31(28,29)22-18-11-14(24(26)27)3-5-17(18)21/h3-6,11-13,22H,7-10H2,1-2H3. The number of piperidine rings is 1. The van der Waals surface area contributed by atoms with Crippen LogP contribution in [0.4, 0.5) is 11.4 Å². The van der Waals surface area contributed by atoms with E-state index in [0.717, 1.165) is 18.9 Å². The second kappa shape index (κ2) is 9.11. The van der Waals surface area contributed by atoms with Crippen molar-refractivity contribution in [1.82, 2.24) is 4.90 Å². The number of amides is 1. The summed E-state index contributed by atoms with van der Waals surface area (Å²) in [5, 5.41) is 11.0. The van der Waals surface area contributed by atoms with Crippen molar-refractivity contribution in [3.05, 3.63) is 57.1 Å². The lowest BCUT2D eigenvalue weighted by molar-refractivity contribution is -0.384. The Kier molecular flexibility index (Phi) is 6.71. The molecule has 9 nitrogen and oxygen atoms in total. The van der Waals surface area contributed by atoms with Gasteiger partial charge in [0.05, 0.1) is 33.2 Å². The van der Waals surface area contributed by atoms with Gasteiger partial charge in [-0.15, -0.1) is 0 Å². The summed E-state index contributed by atoms with van der Waals surface area (Å²) in [6.45, 7) is 3.30. The fourth-order valence-corrected chi connectivity index (χ4v) is 4.63. The topological polar surface area (TPSA) is 119 Å². The zero-order chi connectivity index (χ0) is 22.8. The Balaban J connectivity index is 1.94. The molecular weight excluding hydrogens is 446 g/mol. The first-order chi connectivity index (χ1) is 14.6. The number of nitrogens with zero attached hydrogens (tertiary/aromatic N) is 2. The van der Waals surface area contributed by atoms with Crippen LogP contribution in [0.15, 0.2) is 41.3 Å². The van der Waals surface area contributed by atoms with Crippen LogP contribution in [0.3, 0.4) is 0 Å². The van der Waals surface area contributed by atoms with E-state index < -0.39 is 14.9 Å². The zero-order valence-corrected chi connectivity index (χ0v) is 18.6. The van der Waals surface area contributed by atoms with Gasteiger partial charge in [0.1, 0.15) is 5.75 Å². The highest BCUT2D eigenvalue weighted by atomic mass is 35.5. The Hall–Kier alpha value is -2.85. The van der Waals surface area contributed by atoms with Gasteiger partial charge in [0.15, 0.2) is 0 Å². The first kappa shape index (κ1) is 22.8. The summed E-state index contributed by atoms with van der Waals surface area (Å²) < 4.78 is 33.4. The molecular formula is C20H22ClN3O6S. The predicted molar refractivity (Wildman–Crippen MR) is 116 cm³/mol. The van der Waals surface area contributed by atoms with E-state index in [9.17, 15) is 23.3 Å². The van der Waals surface area contributed by atoms with Crippen LogP contribution in [-0.4, -0.2) is 44.3 Å². The molecule has 1 amide bonds. The largest absolute Gasteiger partial charge is 0.496 e. The highest BCUT2D eigenvalue weighted by Gasteiger charge is 2.26. The van der Waals surface area contributed by atoms with Gasteiger partial charge in [-0.05, 0) is 43.0 Å². The molecule has 0 unspecified atom stereocenters. The Morgan fingerprint density at radius 3 is 2.52 bits per heavy atom. The number of nitro benzene ring substituents is 1. The molecule has 1 saturated heterocycles. The fourth-order valence-electron chi connectivity index (χ4n) is 3.31. The van der Waals surface area contributed by atoms with Crippen LogP contribution in [0, 0.1) is 16.0 Å². The smallest absolute Gasteiger partial charge is 0.271 e. The fraction of sp³-hybridized carbons (Fsp3) is 0.350. The maximum absolute atomic E-state index is 13.0. The van der Waals surface area contributed by atoms with Crippen molar-refractivity contribution >= 4 is 38.9 Å². The number of rotatable bonds is 6. The van der Waals surface area contributed by atoms with Gasteiger partial charge >= 0.3 is 0 Å². The number of sulfonamides is 1. The number of methoxy groups -OCH3 is 1. The van der Waals surface area contributed by atoms with Gasteiger partial charge in [-0.25, -0.2) is 8.42 Å². The van der Waals surface area contributed by atoms with Crippen molar-refractivity contribution in [2.75, 3.05) is 24.9 Å². The number of ether oxygens (including phenoxy) is 1. The SMILES string of the molecule is COc1ccc(S(=O)(=O)Nc2cc([N+](=O)[O-])ccc2Cl)cc1C(=O)N1CCC(C)CC1. The number of anilines is 1. The van der Waals surface area contributed by atoms with Crippen LogP contribution in [-0.2, 0) is 10.0 Å². The Labute approximate surface area is 185 Å². The van der Waals surface area contributed by atoms with Crippen molar-refractivity contribution in [2.45, 2.75) is 24.7 Å². The van der Waals surface area contributed by atoms with Crippen LogP contribution in [0.5, 0.6) is 5.75 Å². The molecule has 1 N–H and O–H groups in total. The number of hydrogen-bond acceptors (Lipinski definition) is 6. The number of hydrogen-bond donors (Lipinski definition) is 1. The number of likely N-dealkylation sites (tertiary alicyclic amines) is 1. The first-order valence-electron chi connectivity index (χ1n) is 9.56. The van der Waals surface area contributed by atoms with Gasteiger partial charge in [-0.3, -0.25) is 19.6 Å². The molecule has 1 aliphatic rings. The lowest BCUT2D eigenvalue weighted by atomic mass is 9.98. The van der Waals surface area contributed by atoms with E-state index in [1.165, 1.54) is 37.4 Å². The molecule has 1 aliphatic heterocycles. The number of non-ortho nitro benzene ring substituents is 1. The molecule has 2 aromatic rings. The minimum absolute atomic E-state index is 0.00132. The summed E-state index contributed by atoms with van der Waals surface area (Å²) in [5.74, 6) is 0.478. The van der Waals surface area contributed by atoms with Crippen molar-refractivity contribution in [1.29, 1.82) is 0 Å². The van der Waals surface area contributed by atoms with Gasteiger partial charge < -0.3 is 9.64 Å². The van der Waals surface area contributed by atoms with E-state index in [1.54, 1.807) is 4.90 Å². The third-order valence-corrected chi connectivity index (χ3v) is 6.88. The minimum atomic E-state index is -4.18. The van der Waals surface area contributed by atoms with Gasteiger partial charge in [0, 0.05) is 25.2 Å². The lowest BCUT2D eigenvalue weighted by Crippen LogP contribution is -2.38. The molecule has 166 valence electrons. The summed E-state index contributed by atoms with van der Waals surface area (Å²) in [4.78, 5) is 24.9. The Morgan fingerprint density at radius 2 is 1.90 bits per heavy atom. The summed E-state index contributed by atoms with van der Waals surface area (Å²) in [7, 11) is -2.78. The van der Waals surface area contributed by atoms with Crippen molar-refractivity contribution < 1.29 is 22.9 Å².